The molecular formula is C23H23FN4O2S. The fourth-order valence-corrected chi connectivity index (χ4v) is 4.04. The van der Waals surface area contributed by atoms with Crippen molar-refractivity contribution in [2.45, 2.75) is 11.6 Å². The van der Waals surface area contributed by atoms with Gasteiger partial charge in [0, 0.05) is 32.2 Å². The highest BCUT2D eigenvalue weighted by molar-refractivity contribution is 7.99. The van der Waals surface area contributed by atoms with Gasteiger partial charge in [0.1, 0.15) is 29.6 Å². The van der Waals surface area contributed by atoms with Gasteiger partial charge in [-0.25, -0.2) is 14.4 Å². The third kappa shape index (κ3) is 5.73. The lowest BCUT2D eigenvalue weighted by Gasteiger charge is -2.36. The van der Waals surface area contributed by atoms with Crippen LogP contribution in [0.15, 0.2) is 72.0 Å². The predicted molar refractivity (Wildman–Crippen MR) is 120 cm³/mol. The number of benzene rings is 2. The Bertz CT molecular complexity index is 1010. The Hall–Kier alpha value is -3.13. The number of thioether (sulfide) groups is 1. The minimum Gasteiger partial charge on any atom is -0.460 e. The van der Waals surface area contributed by atoms with Gasteiger partial charge in [-0.05, 0) is 17.7 Å². The summed E-state index contributed by atoms with van der Waals surface area (Å²) in [5, 5.41) is 0.721. The lowest BCUT2D eigenvalue weighted by molar-refractivity contribution is -0.141. The van der Waals surface area contributed by atoms with Crippen molar-refractivity contribution in [2.75, 3.05) is 41.7 Å². The van der Waals surface area contributed by atoms with Crippen LogP contribution >= 0.6 is 11.8 Å². The first-order chi connectivity index (χ1) is 15.2. The van der Waals surface area contributed by atoms with Gasteiger partial charge in [0.2, 0.25) is 0 Å². The predicted octanol–water partition coefficient (Wildman–Crippen LogP) is 3.78. The number of ether oxygens (including phenoxy) is 1. The lowest BCUT2D eigenvalue weighted by atomic mass is 10.2. The number of piperazine rings is 1. The van der Waals surface area contributed by atoms with Crippen molar-refractivity contribution in [3.8, 4) is 0 Å². The molecule has 1 aliphatic rings. The van der Waals surface area contributed by atoms with Crippen molar-refractivity contribution in [3.05, 3.63) is 78.4 Å². The maximum absolute atomic E-state index is 14.0. The molecule has 8 heteroatoms. The summed E-state index contributed by atoms with van der Waals surface area (Å²) in [7, 11) is 0. The average Bonchev–Trinajstić information content (AvgIpc) is 2.83. The van der Waals surface area contributed by atoms with Crippen LogP contribution in [0.4, 0.5) is 15.9 Å². The van der Waals surface area contributed by atoms with E-state index < -0.39 is 0 Å². The molecule has 0 N–H and O–H groups in total. The quantitative estimate of drug-likeness (QED) is 0.316. The summed E-state index contributed by atoms with van der Waals surface area (Å²) >= 11 is 1.33. The summed E-state index contributed by atoms with van der Waals surface area (Å²) < 4.78 is 19.3. The number of aromatic nitrogens is 2. The molecule has 0 radical (unpaired) electrons. The van der Waals surface area contributed by atoms with E-state index in [2.05, 4.69) is 14.9 Å². The van der Waals surface area contributed by atoms with E-state index in [1.54, 1.807) is 12.1 Å². The number of rotatable bonds is 7. The van der Waals surface area contributed by atoms with Gasteiger partial charge in [0.25, 0.3) is 0 Å². The van der Waals surface area contributed by atoms with Crippen molar-refractivity contribution in [2.24, 2.45) is 0 Å². The zero-order valence-electron chi connectivity index (χ0n) is 17.0. The maximum Gasteiger partial charge on any atom is 0.316 e. The van der Waals surface area contributed by atoms with Gasteiger partial charge >= 0.3 is 5.97 Å². The number of esters is 1. The topological polar surface area (TPSA) is 58.6 Å². The molecular weight excluding hydrogens is 415 g/mol. The highest BCUT2D eigenvalue weighted by Gasteiger charge is 2.20. The van der Waals surface area contributed by atoms with E-state index in [1.807, 2.05) is 47.4 Å². The smallest absolute Gasteiger partial charge is 0.316 e. The molecule has 4 rings (SSSR count). The van der Waals surface area contributed by atoms with Gasteiger partial charge in [0.05, 0.1) is 11.4 Å². The molecule has 0 spiro atoms. The Morgan fingerprint density at radius 3 is 2.45 bits per heavy atom. The van der Waals surface area contributed by atoms with E-state index in [9.17, 15) is 9.18 Å². The summed E-state index contributed by atoms with van der Waals surface area (Å²) in [5.41, 5.74) is 1.59. The molecule has 3 aromatic rings. The van der Waals surface area contributed by atoms with Crippen molar-refractivity contribution >= 4 is 29.2 Å². The molecule has 31 heavy (non-hydrogen) atoms. The van der Waals surface area contributed by atoms with Crippen LogP contribution in [0.5, 0.6) is 0 Å². The molecule has 160 valence electrons. The van der Waals surface area contributed by atoms with Gasteiger partial charge in [0.15, 0.2) is 0 Å². The molecule has 0 saturated carbocycles. The van der Waals surface area contributed by atoms with Gasteiger partial charge in [-0.1, -0.05) is 54.2 Å². The zero-order valence-corrected chi connectivity index (χ0v) is 17.8. The fourth-order valence-electron chi connectivity index (χ4n) is 3.38. The Morgan fingerprint density at radius 1 is 0.968 bits per heavy atom. The normalized spacial score (nSPS) is 13.8. The summed E-state index contributed by atoms with van der Waals surface area (Å²) in [6.07, 6.45) is 1.51. The van der Waals surface area contributed by atoms with Crippen molar-refractivity contribution < 1.29 is 13.9 Å². The number of hydrogen-bond acceptors (Lipinski definition) is 7. The SMILES string of the molecule is O=C(CSc1cc(N2CCN(c3ccccc3F)CC2)ncn1)OCc1ccccc1. The minimum absolute atomic E-state index is 0.185. The van der Waals surface area contributed by atoms with Crippen LogP contribution in [0.25, 0.3) is 0 Å². The molecule has 2 aromatic carbocycles. The first kappa shape index (κ1) is 21.1. The Morgan fingerprint density at radius 2 is 1.68 bits per heavy atom. The van der Waals surface area contributed by atoms with Crippen LogP contribution in [-0.4, -0.2) is 47.9 Å². The molecule has 2 heterocycles. The van der Waals surface area contributed by atoms with Crippen LogP contribution in [-0.2, 0) is 16.1 Å². The van der Waals surface area contributed by atoms with Crippen LogP contribution < -0.4 is 9.80 Å². The van der Waals surface area contributed by atoms with E-state index in [-0.39, 0.29) is 24.1 Å². The minimum atomic E-state index is -0.285. The first-order valence-electron chi connectivity index (χ1n) is 10.1. The van der Waals surface area contributed by atoms with Crippen molar-refractivity contribution in [1.82, 2.24) is 9.97 Å². The fraction of sp³-hybridized carbons (Fsp3) is 0.261. The van der Waals surface area contributed by atoms with Crippen LogP contribution in [0.2, 0.25) is 0 Å². The van der Waals surface area contributed by atoms with E-state index in [4.69, 9.17) is 4.74 Å². The molecule has 0 atom stereocenters. The molecule has 1 saturated heterocycles. The zero-order chi connectivity index (χ0) is 21.5. The second-order valence-corrected chi connectivity index (χ2v) is 8.07. The number of anilines is 2. The number of halogens is 1. The second-order valence-electron chi connectivity index (χ2n) is 7.07. The molecule has 1 aromatic heterocycles. The Balaban J connectivity index is 1.27. The van der Waals surface area contributed by atoms with Crippen molar-refractivity contribution in [3.63, 3.8) is 0 Å². The maximum atomic E-state index is 14.0. The third-order valence-corrected chi connectivity index (χ3v) is 5.90. The summed E-state index contributed by atoms with van der Waals surface area (Å²) in [6.45, 7) is 3.14. The monoisotopic (exact) mass is 438 g/mol. The van der Waals surface area contributed by atoms with Crippen LogP contribution in [0.1, 0.15) is 5.56 Å². The van der Waals surface area contributed by atoms with Crippen molar-refractivity contribution in [1.29, 1.82) is 0 Å². The summed E-state index contributed by atoms with van der Waals surface area (Å²) in [6, 6.07) is 18.3. The number of para-hydroxylation sites is 1. The molecule has 6 nitrogen and oxygen atoms in total. The first-order valence-corrected chi connectivity index (χ1v) is 11.1. The number of nitrogens with zero attached hydrogens (tertiary/aromatic N) is 4. The summed E-state index contributed by atoms with van der Waals surface area (Å²) in [5.74, 6) is 0.510. The molecule has 0 aliphatic carbocycles. The largest absolute Gasteiger partial charge is 0.460 e. The van der Waals surface area contributed by atoms with Crippen LogP contribution in [0.3, 0.4) is 0 Å². The molecule has 0 unspecified atom stereocenters. The van der Waals surface area contributed by atoms with E-state index >= 15 is 0 Å². The number of hydrogen-bond donors (Lipinski definition) is 0. The molecule has 0 amide bonds. The van der Waals surface area contributed by atoms with Gasteiger partial charge in [-0.2, -0.15) is 0 Å². The van der Waals surface area contributed by atoms with E-state index in [1.165, 1.54) is 24.2 Å². The summed E-state index contributed by atoms with van der Waals surface area (Å²) in [4.78, 5) is 24.9. The van der Waals surface area contributed by atoms with Crippen LogP contribution in [0, 0.1) is 5.82 Å². The lowest BCUT2D eigenvalue weighted by Crippen LogP contribution is -2.47. The molecule has 1 aliphatic heterocycles. The number of carbonyl (C=O) groups excluding carboxylic acids is 1. The van der Waals surface area contributed by atoms with Gasteiger partial charge in [-0.15, -0.1) is 0 Å². The van der Waals surface area contributed by atoms with E-state index in [0.717, 1.165) is 29.5 Å². The molecule has 0 bridgehead atoms. The Labute approximate surface area is 185 Å². The van der Waals surface area contributed by atoms with Gasteiger partial charge in [-0.3, -0.25) is 4.79 Å². The van der Waals surface area contributed by atoms with E-state index in [0.29, 0.717) is 18.8 Å². The highest BCUT2D eigenvalue weighted by Crippen LogP contribution is 2.24. The number of carbonyl (C=O) groups is 1. The standard InChI is InChI=1S/C23H23FN4O2S/c24-19-8-4-5-9-20(19)27-10-12-28(13-11-27)21-14-22(26-17-25-21)31-16-23(29)30-15-18-6-2-1-3-7-18/h1-9,14,17H,10-13,15-16H2. The molecule has 1 fully saturated rings. The highest BCUT2D eigenvalue weighted by atomic mass is 32.2. The van der Waals surface area contributed by atoms with Gasteiger partial charge < -0.3 is 14.5 Å². The third-order valence-electron chi connectivity index (χ3n) is 5.00. The average molecular weight is 439 g/mol. The Kier molecular flexibility index (Phi) is 6.99. The second kappa shape index (κ2) is 10.3.